The zero-order valence-electron chi connectivity index (χ0n) is 10.6. The number of aryl methyl sites for hydroxylation is 1. The fraction of sp³-hybridized carbons (Fsp3) is 0.125. The first-order valence-electron chi connectivity index (χ1n) is 6.17. The molecule has 1 heterocycles. The number of furan rings is 1. The third-order valence-corrected chi connectivity index (χ3v) is 3.30. The molecule has 0 aliphatic heterocycles. The summed E-state index contributed by atoms with van der Waals surface area (Å²) in [6.45, 7) is 2.19. The number of para-hydroxylation sites is 1. The fourth-order valence-corrected chi connectivity index (χ4v) is 2.22. The van der Waals surface area contributed by atoms with Crippen LogP contribution in [0.15, 0.2) is 46.9 Å². The third kappa shape index (κ3) is 2.02. The molecule has 3 heteroatoms. The molecule has 19 heavy (non-hydrogen) atoms. The first-order valence-corrected chi connectivity index (χ1v) is 6.17. The molecule has 2 aromatic carbocycles. The summed E-state index contributed by atoms with van der Waals surface area (Å²) in [5.41, 5.74) is 8.61. The van der Waals surface area contributed by atoms with Crippen molar-refractivity contribution in [1.29, 1.82) is 0 Å². The van der Waals surface area contributed by atoms with Crippen molar-refractivity contribution in [3.05, 3.63) is 59.4 Å². The second-order valence-corrected chi connectivity index (χ2v) is 4.61. The average molecular weight is 255 g/mol. The van der Waals surface area contributed by atoms with Gasteiger partial charge < -0.3 is 10.2 Å². The molecule has 0 saturated heterocycles. The highest BCUT2D eigenvalue weighted by atomic mass is 19.1. The predicted molar refractivity (Wildman–Crippen MR) is 74.2 cm³/mol. The Hall–Kier alpha value is -2.13. The van der Waals surface area contributed by atoms with E-state index in [0.29, 0.717) is 11.3 Å². The number of rotatable bonds is 2. The molecule has 0 amide bonds. The minimum Gasteiger partial charge on any atom is -0.456 e. The van der Waals surface area contributed by atoms with Gasteiger partial charge in [0.15, 0.2) is 0 Å². The number of nitrogens with two attached hydrogens (primary N) is 1. The van der Waals surface area contributed by atoms with Crippen molar-refractivity contribution < 1.29 is 8.81 Å². The Morgan fingerprint density at radius 3 is 2.68 bits per heavy atom. The lowest BCUT2D eigenvalue weighted by Crippen LogP contribution is -1.99. The Labute approximate surface area is 110 Å². The summed E-state index contributed by atoms with van der Waals surface area (Å²) in [5, 5.41) is 1.03. The van der Waals surface area contributed by atoms with Gasteiger partial charge in [0.2, 0.25) is 0 Å². The number of fused-ring (bicyclic) bond motifs is 1. The highest BCUT2D eigenvalue weighted by Gasteiger charge is 2.10. The molecule has 1 aromatic heterocycles. The van der Waals surface area contributed by atoms with E-state index < -0.39 is 0 Å². The van der Waals surface area contributed by atoms with Gasteiger partial charge in [0.05, 0.1) is 0 Å². The molecule has 0 aliphatic carbocycles. The molecule has 0 radical (unpaired) electrons. The first kappa shape index (κ1) is 11.9. The van der Waals surface area contributed by atoms with E-state index in [9.17, 15) is 4.39 Å². The van der Waals surface area contributed by atoms with Crippen molar-refractivity contribution in [3.63, 3.8) is 0 Å². The molecule has 3 aromatic rings. The molecular formula is C16H14FNO. The lowest BCUT2D eigenvalue weighted by atomic mass is 10.1. The summed E-state index contributed by atoms with van der Waals surface area (Å²) in [6, 6.07) is 12.9. The van der Waals surface area contributed by atoms with Crippen molar-refractivity contribution in [2.75, 3.05) is 0 Å². The maximum Gasteiger partial charge on any atom is 0.137 e. The molecule has 0 aliphatic rings. The normalized spacial score (nSPS) is 11.1. The van der Waals surface area contributed by atoms with Crippen molar-refractivity contribution in [2.24, 2.45) is 5.73 Å². The van der Waals surface area contributed by atoms with Gasteiger partial charge in [0.25, 0.3) is 0 Å². The summed E-state index contributed by atoms with van der Waals surface area (Å²) in [5.74, 6) is 0.379. The van der Waals surface area contributed by atoms with Crippen LogP contribution in [0.4, 0.5) is 4.39 Å². The first-order chi connectivity index (χ1) is 9.19. The summed E-state index contributed by atoms with van der Waals surface area (Å²) in [7, 11) is 0. The molecule has 3 rings (SSSR count). The van der Waals surface area contributed by atoms with Crippen LogP contribution in [0.5, 0.6) is 0 Å². The summed E-state index contributed by atoms with van der Waals surface area (Å²) in [4.78, 5) is 0. The van der Waals surface area contributed by atoms with Crippen LogP contribution in [0.2, 0.25) is 0 Å². The largest absolute Gasteiger partial charge is 0.456 e. The van der Waals surface area contributed by atoms with Crippen LogP contribution in [0, 0.1) is 12.7 Å². The van der Waals surface area contributed by atoms with Gasteiger partial charge in [-0.2, -0.15) is 0 Å². The molecule has 2 nitrogen and oxygen atoms in total. The highest BCUT2D eigenvalue weighted by Crippen LogP contribution is 2.30. The Bertz CT molecular complexity index is 746. The van der Waals surface area contributed by atoms with Crippen LogP contribution in [-0.4, -0.2) is 0 Å². The monoisotopic (exact) mass is 255 g/mol. The van der Waals surface area contributed by atoms with E-state index in [1.807, 2.05) is 37.3 Å². The Morgan fingerprint density at radius 2 is 2.00 bits per heavy atom. The third-order valence-electron chi connectivity index (χ3n) is 3.30. The maximum atomic E-state index is 13.7. The summed E-state index contributed by atoms with van der Waals surface area (Å²) >= 11 is 0. The maximum absolute atomic E-state index is 13.7. The molecule has 0 bridgehead atoms. The van der Waals surface area contributed by atoms with Crippen LogP contribution < -0.4 is 5.73 Å². The molecule has 0 fully saturated rings. The fourth-order valence-electron chi connectivity index (χ4n) is 2.22. The smallest absolute Gasteiger partial charge is 0.137 e. The number of hydrogen-bond acceptors (Lipinski definition) is 2. The van der Waals surface area contributed by atoms with Gasteiger partial charge in [-0.05, 0) is 24.6 Å². The van der Waals surface area contributed by atoms with Crippen molar-refractivity contribution in [2.45, 2.75) is 13.5 Å². The van der Waals surface area contributed by atoms with Crippen LogP contribution in [0.3, 0.4) is 0 Å². The highest BCUT2D eigenvalue weighted by molar-refractivity contribution is 5.85. The van der Waals surface area contributed by atoms with Crippen molar-refractivity contribution in [3.8, 4) is 11.3 Å². The Balaban J connectivity index is 2.14. The Kier molecular flexibility index (Phi) is 2.84. The zero-order valence-corrected chi connectivity index (χ0v) is 10.6. The van der Waals surface area contributed by atoms with Crippen LogP contribution in [-0.2, 0) is 6.54 Å². The van der Waals surface area contributed by atoms with E-state index in [1.54, 1.807) is 6.07 Å². The van der Waals surface area contributed by atoms with E-state index in [0.717, 1.165) is 22.1 Å². The predicted octanol–water partition coefficient (Wildman–Crippen LogP) is 4.01. The van der Waals surface area contributed by atoms with Gasteiger partial charge in [-0.3, -0.25) is 0 Å². The summed E-state index contributed by atoms with van der Waals surface area (Å²) < 4.78 is 19.6. The number of benzene rings is 2. The van der Waals surface area contributed by atoms with Crippen LogP contribution >= 0.6 is 0 Å². The number of hydrogen-bond donors (Lipinski definition) is 1. The second-order valence-electron chi connectivity index (χ2n) is 4.61. The molecule has 0 atom stereocenters. The minimum absolute atomic E-state index is 0.200. The van der Waals surface area contributed by atoms with Crippen LogP contribution in [0.25, 0.3) is 22.3 Å². The quantitative estimate of drug-likeness (QED) is 0.751. The van der Waals surface area contributed by atoms with Crippen LogP contribution in [0.1, 0.15) is 11.1 Å². The van der Waals surface area contributed by atoms with Gasteiger partial charge >= 0.3 is 0 Å². The van der Waals surface area contributed by atoms with E-state index in [-0.39, 0.29) is 12.4 Å². The van der Waals surface area contributed by atoms with Gasteiger partial charge in [0, 0.05) is 23.1 Å². The van der Waals surface area contributed by atoms with E-state index in [4.69, 9.17) is 10.2 Å². The SMILES string of the molecule is Cc1cccc2cc(-c3ccc(CN)c(F)c3)oc12. The van der Waals surface area contributed by atoms with Gasteiger partial charge in [0.1, 0.15) is 17.2 Å². The lowest BCUT2D eigenvalue weighted by molar-refractivity contribution is 0.605. The lowest BCUT2D eigenvalue weighted by Gasteiger charge is -2.01. The average Bonchev–Trinajstić information content (AvgIpc) is 2.84. The molecule has 96 valence electrons. The van der Waals surface area contributed by atoms with Crippen molar-refractivity contribution >= 4 is 11.0 Å². The topological polar surface area (TPSA) is 39.2 Å². The molecular weight excluding hydrogens is 241 g/mol. The number of halogens is 1. The zero-order chi connectivity index (χ0) is 13.4. The van der Waals surface area contributed by atoms with Gasteiger partial charge in [-0.15, -0.1) is 0 Å². The molecule has 0 spiro atoms. The van der Waals surface area contributed by atoms with Gasteiger partial charge in [-0.1, -0.05) is 30.3 Å². The minimum atomic E-state index is -0.294. The van der Waals surface area contributed by atoms with E-state index in [2.05, 4.69) is 0 Å². The van der Waals surface area contributed by atoms with Crippen molar-refractivity contribution in [1.82, 2.24) is 0 Å². The van der Waals surface area contributed by atoms with Gasteiger partial charge in [-0.25, -0.2) is 4.39 Å². The summed E-state index contributed by atoms with van der Waals surface area (Å²) in [6.07, 6.45) is 0. The van der Waals surface area contributed by atoms with E-state index in [1.165, 1.54) is 6.07 Å². The molecule has 2 N–H and O–H groups in total. The standard InChI is InChI=1S/C16H14FNO/c1-10-3-2-4-12-8-15(19-16(10)12)11-5-6-13(9-18)14(17)7-11/h2-8H,9,18H2,1H3. The molecule has 0 unspecified atom stereocenters. The van der Waals surface area contributed by atoms with E-state index >= 15 is 0 Å². The Morgan fingerprint density at radius 1 is 1.16 bits per heavy atom. The second kappa shape index (κ2) is 4.52. The molecule has 0 saturated carbocycles.